The summed E-state index contributed by atoms with van der Waals surface area (Å²) < 4.78 is 0. The van der Waals surface area contributed by atoms with Gasteiger partial charge in [0.15, 0.2) is 0 Å². The van der Waals surface area contributed by atoms with Crippen molar-refractivity contribution < 1.29 is 4.79 Å². The van der Waals surface area contributed by atoms with Crippen LogP contribution in [0.25, 0.3) is 0 Å². The lowest BCUT2D eigenvalue weighted by Gasteiger charge is -2.02. The summed E-state index contributed by atoms with van der Waals surface area (Å²) in [6, 6.07) is 1.88. The van der Waals surface area contributed by atoms with Crippen LogP contribution in [0.5, 0.6) is 0 Å². The molecule has 0 aromatic rings. The molecule has 0 aliphatic rings. The topological polar surface area (TPSA) is 66.9 Å². The van der Waals surface area contributed by atoms with Crippen molar-refractivity contribution in [3.63, 3.8) is 0 Å². The minimum atomic E-state index is -0.653. The van der Waals surface area contributed by atoms with Gasteiger partial charge in [-0.05, 0) is 27.7 Å². The normalized spacial score (nSPS) is 8.80. The highest BCUT2D eigenvalue weighted by molar-refractivity contribution is 5.72. The Morgan fingerprint density at radius 3 is 1.60 bits per heavy atom. The summed E-state index contributed by atoms with van der Waals surface area (Å²) in [5.74, 6) is 0.167. The average Bonchev–Trinajstić information content (AvgIpc) is 1.63. The molecule has 0 heterocycles. The highest BCUT2D eigenvalue weighted by Gasteiger charge is 2.04. The number of hydrogen-bond acceptors (Lipinski definition) is 3. The van der Waals surface area contributed by atoms with Gasteiger partial charge in [-0.1, -0.05) is 0 Å². The Morgan fingerprint density at radius 1 is 1.50 bits per heavy atom. The zero-order chi connectivity index (χ0) is 8.78. The van der Waals surface area contributed by atoms with Crippen LogP contribution in [-0.4, -0.2) is 11.3 Å². The molecule has 0 amide bonds. The van der Waals surface area contributed by atoms with Gasteiger partial charge in [-0.15, -0.1) is 0 Å². The van der Waals surface area contributed by atoms with Crippen LogP contribution < -0.4 is 5.73 Å². The van der Waals surface area contributed by atoms with Crippen LogP contribution in [0.2, 0.25) is 0 Å². The third kappa shape index (κ3) is 59.3. The molecule has 0 atom stereocenters. The summed E-state index contributed by atoms with van der Waals surface area (Å²) in [5.41, 5.74) is 4.52. The first-order chi connectivity index (χ1) is 4.29. The van der Waals surface area contributed by atoms with Crippen molar-refractivity contribution in [3.05, 3.63) is 0 Å². The van der Waals surface area contributed by atoms with Crippen molar-refractivity contribution in [2.24, 2.45) is 5.73 Å². The van der Waals surface area contributed by atoms with Gasteiger partial charge in [-0.3, -0.25) is 0 Å². The second-order valence-electron chi connectivity index (χ2n) is 2.74. The molecule has 58 valence electrons. The maximum Gasteiger partial charge on any atom is 0.126 e. The van der Waals surface area contributed by atoms with Crippen molar-refractivity contribution in [2.75, 3.05) is 0 Å². The number of nitrogens with zero attached hydrogens (tertiary/aromatic N) is 1. The molecule has 2 N–H and O–H groups in total. The molecule has 0 aromatic carbocycles. The quantitative estimate of drug-likeness (QED) is 0.545. The average molecular weight is 142 g/mol. The number of hydrogen-bond donors (Lipinski definition) is 1. The van der Waals surface area contributed by atoms with Crippen LogP contribution in [0.3, 0.4) is 0 Å². The summed E-state index contributed by atoms with van der Waals surface area (Å²) in [4.78, 5) is 9.44. The fourth-order valence-electron chi connectivity index (χ4n) is 0. The Morgan fingerprint density at radius 2 is 1.60 bits per heavy atom. The molecule has 3 heteroatoms. The summed E-state index contributed by atoms with van der Waals surface area (Å²) in [5, 5.41) is 8.03. The van der Waals surface area contributed by atoms with E-state index in [1.165, 1.54) is 13.8 Å². The number of carbonyl (C=O) groups is 1. The van der Waals surface area contributed by atoms with E-state index < -0.39 is 5.54 Å². The van der Waals surface area contributed by atoms with Gasteiger partial charge in [0.1, 0.15) is 5.78 Å². The minimum Gasteiger partial charge on any atom is -0.314 e. The first-order valence-electron chi connectivity index (χ1n) is 2.97. The van der Waals surface area contributed by atoms with Gasteiger partial charge in [-0.2, -0.15) is 5.26 Å². The molecular weight excluding hydrogens is 128 g/mol. The zero-order valence-corrected chi connectivity index (χ0v) is 6.93. The summed E-state index contributed by atoms with van der Waals surface area (Å²) in [7, 11) is 0. The van der Waals surface area contributed by atoms with Crippen LogP contribution in [0.1, 0.15) is 27.7 Å². The molecule has 3 nitrogen and oxygen atoms in total. The van der Waals surface area contributed by atoms with E-state index >= 15 is 0 Å². The monoisotopic (exact) mass is 142 g/mol. The molecule has 0 fully saturated rings. The molecule has 10 heavy (non-hydrogen) atoms. The second-order valence-corrected chi connectivity index (χ2v) is 2.74. The van der Waals surface area contributed by atoms with Crippen molar-refractivity contribution in [1.82, 2.24) is 0 Å². The molecule has 0 rings (SSSR count). The molecule has 0 saturated heterocycles. The first kappa shape index (κ1) is 11.9. The van der Waals surface area contributed by atoms with E-state index in [4.69, 9.17) is 11.0 Å². The van der Waals surface area contributed by atoms with Crippen LogP contribution in [-0.2, 0) is 4.79 Å². The molecule has 0 spiro atoms. The Hall–Kier alpha value is -0.880. The van der Waals surface area contributed by atoms with E-state index in [0.29, 0.717) is 0 Å². The summed E-state index contributed by atoms with van der Waals surface area (Å²) >= 11 is 0. The number of ketones is 1. The predicted molar refractivity (Wildman–Crippen MR) is 40.2 cm³/mol. The van der Waals surface area contributed by atoms with Gasteiger partial charge in [-0.25, -0.2) is 0 Å². The van der Waals surface area contributed by atoms with E-state index in [1.807, 2.05) is 6.07 Å². The fraction of sp³-hybridized carbons (Fsp3) is 0.714. The highest BCUT2D eigenvalue weighted by atomic mass is 16.1. The van der Waals surface area contributed by atoms with E-state index in [-0.39, 0.29) is 5.78 Å². The molecule has 0 radical (unpaired) electrons. The Bertz CT molecular complexity index is 135. The molecule has 0 saturated carbocycles. The molecular formula is C7H14N2O. The fourth-order valence-corrected chi connectivity index (χ4v) is 0. The van der Waals surface area contributed by atoms with Crippen molar-refractivity contribution in [2.45, 2.75) is 33.2 Å². The van der Waals surface area contributed by atoms with Gasteiger partial charge in [0.25, 0.3) is 0 Å². The predicted octanol–water partition coefficient (Wildman–Crippen LogP) is 0.843. The van der Waals surface area contributed by atoms with Gasteiger partial charge in [0.2, 0.25) is 0 Å². The number of carbonyl (C=O) groups excluding carboxylic acids is 1. The largest absolute Gasteiger partial charge is 0.314 e. The molecule has 0 aliphatic heterocycles. The van der Waals surface area contributed by atoms with Crippen LogP contribution in [0.15, 0.2) is 0 Å². The van der Waals surface area contributed by atoms with Gasteiger partial charge < -0.3 is 10.5 Å². The van der Waals surface area contributed by atoms with Crippen LogP contribution in [0, 0.1) is 11.3 Å². The summed E-state index contributed by atoms with van der Waals surface area (Å²) in [6.45, 7) is 6.38. The Labute approximate surface area is 61.8 Å². The zero-order valence-electron chi connectivity index (χ0n) is 6.93. The van der Waals surface area contributed by atoms with E-state index in [1.54, 1.807) is 13.8 Å². The third-order valence-electron chi connectivity index (χ3n) is 0.288. The lowest BCUT2D eigenvalue weighted by molar-refractivity contribution is -0.114. The highest BCUT2D eigenvalue weighted by Crippen LogP contribution is 1.88. The molecule has 0 bridgehead atoms. The van der Waals surface area contributed by atoms with Crippen molar-refractivity contribution >= 4 is 5.78 Å². The Kier molecular flexibility index (Phi) is 5.87. The van der Waals surface area contributed by atoms with E-state index in [0.717, 1.165) is 0 Å². The second kappa shape index (κ2) is 4.95. The smallest absolute Gasteiger partial charge is 0.126 e. The number of nitrogens with two attached hydrogens (primary N) is 1. The van der Waals surface area contributed by atoms with Gasteiger partial charge in [0.05, 0.1) is 11.6 Å². The third-order valence-corrected chi connectivity index (χ3v) is 0.288. The van der Waals surface area contributed by atoms with Crippen LogP contribution >= 0.6 is 0 Å². The maximum atomic E-state index is 9.44. The van der Waals surface area contributed by atoms with Crippen molar-refractivity contribution in [1.29, 1.82) is 5.26 Å². The van der Waals surface area contributed by atoms with E-state index in [2.05, 4.69) is 0 Å². The molecule has 0 aromatic heterocycles. The lowest BCUT2D eigenvalue weighted by atomic mass is 10.1. The van der Waals surface area contributed by atoms with Gasteiger partial charge in [0, 0.05) is 0 Å². The molecule has 0 unspecified atom stereocenters. The summed E-state index contributed by atoms with van der Waals surface area (Å²) in [6.07, 6.45) is 0. The Balaban J connectivity index is 0. The molecule has 0 aliphatic carbocycles. The van der Waals surface area contributed by atoms with Crippen molar-refractivity contribution in [3.8, 4) is 6.07 Å². The SMILES string of the molecule is CC(C)(N)C#N.CC(C)=O. The van der Waals surface area contributed by atoms with Crippen LogP contribution in [0.4, 0.5) is 0 Å². The number of Topliss-reactive ketones (excluding diaryl/α,β-unsaturated/α-hetero) is 1. The standard InChI is InChI=1S/C4H8N2.C3H6O/c1-4(2,6)3-5;1-3(2)4/h6H2,1-2H3;1-2H3. The maximum absolute atomic E-state index is 9.44. The lowest BCUT2D eigenvalue weighted by Crippen LogP contribution is -2.28. The van der Waals surface area contributed by atoms with E-state index in [9.17, 15) is 4.79 Å². The number of rotatable bonds is 0. The van der Waals surface area contributed by atoms with Gasteiger partial charge >= 0.3 is 0 Å². The number of nitriles is 1. The first-order valence-corrected chi connectivity index (χ1v) is 2.97. The minimum absolute atomic E-state index is 0.167.